The molecule has 2 aromatic heterocycles. The molecule has 2 saturated heterocycles. The first-order chi connectivity index (χ1) is 15.9. The normalized spacial score (nSPS) is 20.1. The number of amides is 1. The first-order valence-corrected chi connectivity index (χ1v) is 12.3. The maximum Gasteiger partial charge on any atom is 0.270 e. The van der Waals surface area contributed by atoms with Crippen molar-refractivity contribution in [2.24, 2.45) is 0 Å². The van der Waals surface area contributed by atoms with E-state index in [0.717, 1.165) is 33.9 Å². The number of thiazole rings is 1. The number of rotatable bonds is 5. The predicted octanol–water partition coefficient (Wildman–Crippen LogP) is 4.07. The van der Waals surface area contributed by atoms with E-state index in [-0.39, 0.29) is 24.4 Å². The third-order valence-corrected chi connectivity index (χ3v) is 7.29. The van der Waals surface area contributed by atoms with Gasteiger partial charge in [0.15, 0.2) is 10.7 Å². The van der Waals surface area contributed by atoms with E-state index in [4.69, 9.17) is 9.47 Å². The van der Waals surface area contributed by atoms with Crippen LogP contribution in [0, 0.1) is 12.7 Å². The van der Waals surface area contributed by atoms with Gasteiger partial charge in [0, 0.05) is 43.5 Å². The summed E-state index contributed by atoms with van der Waals surface area (Å²) in [6.45, 7) is 8.21. The lowest BCUT2D eigenvalue weighted by atomic mass is 10.0. The Bertz CT molecular complexity index is 1180. The molecule has 0 aliphatic carbocycles. The number of piperidine rings is 1. The lowest BCUT2D eigenvalue weighted by Crippen LogP contribution is -2.45. The van der Waals surface area contributed by atoms with Gasteiger partial charge in [-0.2, -0.15) is 0 Å². The highest BCUT2D eigenvalue weighted by atomic mass is 32.1. The van der Waals surface area contributed by atoms with Crippen LogP contribution in [0.5, 0.6) is 0 Å². The number of benzene rings is 1. The molecule has 33 heavy (non-hydrogen) atoms. The maximum absolute atomic E-state index is 15.0. The maximum atomic E-state index is 15.0. The van der Waals surface area contributed by atoms with Gasteiger partial charge in [-0.15, -0.1) is 11.3 Å². The first kappa shape index (κ1) is 22.3. The van der Waals surface area contributed by atoms with Crippen LogP contribution < -0.4 is 10.2 Å². The Labute approximate surface area is 196 Å². The molecule has 2 fully saturated rings. The third kappa shape index (κ3) is 4.25. The fourth-order valence-corrected chi connectivity index (χ4v) is 5.57. The number of hydrogen-bond donors (Lipinski definition) is 1. The summed E-state index contributed by atoms with van der Waals surface area (Å²) in [6.07, 6.45) is 4.15. The number of carbonyl (C=O) groups excluding carboxylic acids is 1. The number of fused-ring (bicyclic) bond motifs is 1. The molecule has 0 saturated carbocycles. The fourth-order valence-electron chi connectivity index (χ4n) is 4.73. The van der Waals surface area contributed by atoms with Gasteiger partial charge in [0.1, 0.15) is 11.5 Å². The third-order valence-electron chi connectivity index (χ3n) is 6.39. The SMILES string of the molecule is CCc1nc2sc(C)cn2c1C(=O)NCc1ccc(N2CCC3(CC2)OC[C@@H](C)O3)c(F)c1. The first-order valence-electron chi connectivity index (χ1n) is 11.5. The smallest absolute Gasteiger partial charge is 0.270 e. The Morgan fingerprint density at radius 1 is 1.36 bits per heavy atom. The van der Waals surface area contributed by atoms with Gasteiger partial charge in [0.05, 0.1) is 24.1 Å². The summed E-state index contributed by atoms with van der Waals surface area (Å²) in [5.41, 5.74) is 2.62. The molecular formula is C24H29FN4O3S. The van der Waals surface area contributed by atoms with Crippen LogP contribution in [0.1, 0.15) is 53.3 Å². The molecule has 1 amide bonds. The number of aromatic nitrogens is 2. The predicted molar refractivity (Wildman–Crippen MR) is 125 cm³/mol. The summed E-state index contributed by atoms with van der Waals surface area (Å²) < 4.78 is 28.6. The molecule has 7 nitrogen and oxygen atoms in total. The van der Waals surface area contributed by atoms with E-state index < -0.39 is 5.79 Å². The van der Waals surface area contributed by atoms with E-state index in [0.29, 0.717) is 37.5 Å². The molecule has 5 rings (SSSR count). The summed E-state index contributed by atoms with van der Waals surface area (Å²) in [5, 5.41) is 2.93. The van der Waals surface area contributed by atoms with Crippen molar-refractivity contribution in [3.05, 3.63) is 52.0 Å². The van der Waals surface area contributed by atoms with Gasteiger partial charge in [0.25, 0.3) is 5.91 Å². The Hall–Kier alpha value is -2.49. The number of aryl methyl sites for hydroxylation is 2. The van der Waals surface area contributed by atoms with Crippen molar-refractivity contribution in [1.82, 2.24) is 14.7 Å². The summed E-state index contributed by atoms with van der Waals surface area (Å²) in [6, 6.07) is 5.17. The summed E-state index contributed by atoms with van der Waals surface area (Å²) in [5.74, 6) is -0.990. The van der Waals surface area contributed by atoms with E-state index in [9.17, 15) is 9.18 Å². The zero-order chi connectivity index (χ0) is 23.2. The van der Waals surface area contributed by atoms with E-state index in [1.165, 1.54) is 6.07 Å². The average Bonchev–Trinajstić information content (AvgIpc) is 3.44. The van der Waals surface area contributed by atoms with Crippen molar-refractivity contribution < 1.29 is 18.7 Å². The summed E-state index contributed by atoms with van der Waals surface area (Å²) in [7, 11) is 0. The molecule has 3 aromatic rings. The minimum atomic E-state index is -0.506. The number of anilines is 1. The molecule has 0 bridgehead atoms. The number of carbonyl (C=O) groups is 1. The van der Waals surface area contributed by atoms with Gasteiger partial charge < -0.3 is 19.7 Å². The van der Waals surface area contributed by atoms with Crippen molar-refractivity contribution in [1.29, 1.82) is 0 Å². The van der Waals surface area contributed by atoms with Crippen LogP contribution in [0.15, 0.2) is 24.4 Å². The van der Waals surface area contributed by atoms with Crippen LogP contribution in [0.4, 0.5) is 10.1 Å². The molecule has 9 heteroatoms. The quantitative estimate of drug-likeness (QED) is 0.606. The van der Waals surface area contributed by atoms with Crippen LogP contribution >= 0.6 is 11.3 Å². The highest BCUT2D eigenvalue weighted by Gasteiger charge is 2.42. The van der Waals surface area contributed by atoms with Crippen molar-refractivity contribution in [2.45, 2.75) is 58.5 Å². The van der Waals surface area contributed by atoms with Crippen LogP contribution in [-0.2, 0) is 22.4 Å². The Balaban J connectivity index is 1.24. The van der Waals surface area contributed by atoms with E-state index in [1.54, 1.807) is 17.4 Å². The zero-order valence-electron chi connectivity index (χ0n) is 19.2. The summed E-state index contributed by atoms with van der Waals surface area (Å²) >= 11 is 1.56. The molecule has 1 atom stereocenters. The molecule has 4 heterocycles. The number of halogens is 1. The van der Waals surface area contributed by atoms with Crippen LogP contribution in [0.3, 0.4) is 0 Å². The standard InChI is InChI=1S/C24H29FN4O3S/c1-4-19-21(29-13-16(3)33-23(29)27-19)22(30)26-12-17-5-6-20(18(25)11-17)28-9-7-24(8-10-28)31-14-15(2)32-24/h5-6,11,13,15H,4,7-10,12,14H2,1-3H3,(H,26,30)/t15-/m1/s1. The Morgan fingerprint density at radius 3 is 2.82 bits per heavy atom. The second-order valence-electron chi connectivity index (χ2n) is 8.86. The monoisotopic (exact) mass is 472 g/mol. The van der Waals surface area contributed by atoms with Gasteiger partial charge in [-0.05, 0) is 38.0 Å². The Kier molecular flexibility index (Phi) is 5.88. The van der Waals surface area contributed by atoms with E-state index in [2.05, 4.69) is 10.3 Å². The van der Waals surface area contributed by atoms with Crippen molar-refractivity contribution in [3.8, 4) is 0 Å². The second-order valence-corrected chi connectivity index (χ2v) is 10.1. The van der Waals surface area contributed by atoms with Crippen molar-refractivity contribution >= 4 is 27.9 Å². The minimum Gasteiger partial charge on any atom is -0.369 e. The second kappa shape index (κ2) is 8.70. The highest BCUT2D eigenvalue weighted by molar-refractivity contribution is 7.17. The topological polar surface area (TPSA) is 68.1 Å². The van der Waals surface area contributed by atoms with Gasteiger partial charge in [-0.3, -0.25) is 9.20 Å². The number of nitrogens with zero attached hydrogens (tertiary/aromatic N) is 3. The fraction of sp³-hybridized carbons (Fsp3) is 0.500. The zero-order valence-corrected chi connectivity index (χ0v) is 20.0. The lowest BCUT2D eigenvalue weighted by molar-refractivity contribution is -0.178. The minimum absolute atomic E-state index is 0.110. The van der Waals surface area contributed by atoms with Gasteiger partial charge >= 0.3 is 0 Å². The number of hydrogen-bond acceptors (Lipinski definition) is 6. The average molecular weight is 473 g/mol. The molecular weight excluding hydrogens is 443 g/mol. The van der Waals surface area contributed by atoms with Crippen molar-refractivity contribution in [3.63, 3.8) is 0 Å². The molecule has 0 unspecified atom stereocenters. The van der Waals surface area contributed by atoms with Crippen LogP contribution in [0.25, 0.3) is 4.96 Å². The molecule has 1 aromatic carbocycles. The van der Waals surface area contributed by atoms with Gasteiger partial charge in [0.2, 0.25) is 0 Å². The molecule has 1 spiro atoms. The molecule has 2 aliphatic heterocycles. The largest absolute Gasteiger partial charge is 0.369 e. The molecule has 176 valence electrons. The molecule has 1 N–H and O–H groups in total. The lowest BCUT2D eigenvalue weighted by Gasteiger charge is -2.39. The molecule has 0 radical (unpaired) electrons. The van der Waals surface area contributed by atoms with Crippen molar-refractivity contribution in [2.75, 3.05) is 24.6 Å². The number of nitrogens with one attached hydrogen (secondary N) is 1. The summed E-state index contributed by atoms with van der Waals surface area (Å²) in [4.78, 5) is 21.5. The molecule has 2 aliphatic rings. The van der Waals surface area contributed by atoms with E-state index in [1.807, 2.05) is 42.3 Å². The van der Waals surface area contributed by atoms with E-state index >= 15 is 0 Å². The van der Waals surface area contributed by atoms with Crippen LogP contribution in [-0.4, -0.2) is 46.9 Å². The van der Waals surface area contributed by atoms with Gasteiger partial charge in [-0.25, -0.2) is 9.37 Å². The van der Waals surface area contributed by atoms with Crippen LogP contribution in [0.2, 0.25) is 0 Å². The van der Waals surface area contributed by atoms with Gasteiger partial charge in [-0.1, -0.05) is 13.0 Å². The number of ether oxygens (including phenoxy) is 2. The number of imidazole rings is 1. The highest BCUT2D eigenvalue weighted by Crippen LogP contribution is 2.36. The Morgan fingerprint density at radius 2 is 2.15 bits per heavy atom.